The Labute approximate surface area is 256 Å². The Hall–Kier alpha value is -4.32. The van der Waals surface area contributed by atoms with Gasteiger partial charge in [-0.15, -0.1) is 21.5 Å². The number of hydrogen-bond donors (Lipinski definition) is 3. The molecule has 2 aromatic heterocycles. The lowest BCUT2D eigenvalue weighted by molar-refractivity contribution is 0.0561. The van der Waals surface area contributed by atoms with Crippen LogP contribution in [0, 0.1) is 0 Å². The van der Waals surface area contributed by atoms with Crippen LogP contribution >= 0.6 is 11.3 Å². The number of nitrogens with one attached hydrogen (secondary N) is 2. The number of nitrogens with two attached hydrogens (primary N) is 1. The molecule has 6 rings (SSSR count). The van der Waals surface area contributed by atoms with Gasteiger partial charge in [0, 0.05) is 55.5 Å². The van der Waals surface area contributed by atoms with Gasteiger partial charge in [-0.2, -0.15) is 14.5 Å². The van der Waals surface area contributed by atoms with E-state index in [-0.39, 0.29) is 48.7 Å². The lowest BCUT2D eigenvalue weighted by Gasteiger charge is -2.40. The second-order valence-electron chi connectivity index (χ2n) is 10.6. The zero-order chi connectivity index (χ0) is 31.0. The molecule has 0 bridgehead atoms. The number of rotatable bonds is 6. The SMILES string of the molecule is COC(=O)N=C(N)c1ccc2cc(S(=O)(=O)N3CCN(C(=O)c4nc5c(s4)CNC(C)C5)C(Cc4nn[nH]n4)C3)ccc2c1. The molecule has 15 nitrogen and oxygen atoms in total. The Balaban J connectivity index is 1.25. The van der Waals surface area contributed by atoms with Gasteiger partial charge in [0.15, 0.2) is 10.8 Å². The molecule has 0 spiro atoms. The minimum atomic E-state index is -3.93. The van der Waals surface area contributed by atoms with E-state index in [2.05, 4.69) is 47.6 Å². The van der Waals surface area contributed by atoms with Crippen molar-refractivity contribution < 1.29 is 22.7 Å². The van der Waals surface area contributed by atoms with Crippen molar-refractivity contribution in [2.45, 2.75) is 43.3 Å². The number of carbonyl (C=O) groups excluding carboxylic acids is 2. The topological polar surface area (TPSA) is 202 Å². The van der Waals surface area contributed by atoms with Crippen LogP contribution < -0.4 is 11.1 Å². The summed E-state index contributed by atoms with van der Waals surface area (Å²) in [5, 5.41) is 19.3. The van der Waals surface area contributed by atoms with Crippen molar-refractivity contribution in [3.05, 3.63) is 63.4 Å². The molecule has 0 radical (unpaired) electrons. The fraction of sp³-hybridized carbons (Fsp3) is 0.370. The molecule has 1 fully saturated rings. The molecule has 0 saturated carbocycles. The molecule has 0 aliphatic carbocycles. The fourth-order valence-corrected chi connectivity index (χ4v) is 7.89. The molecule has 2 unspecified atom stereocenters. The molecule has 44 heavy (non-hydrogen) atoms. The zero-order valence-corrected chi connectivity index (χ0v) is 25.6. The average Bonchev–Trinajstić information content (AvgIpc) is 3.69. The number of carbonyl (C=O) groups is 2. The third-order valence-corrected chi connectivity index (χ3v) is 10.7. The first kappa shape index (κ1) is 29.7. The maximum atomic E-state index is 13.9. The van der Waals surface area contributed by atoms with Crippen LogP contribution in [-0.4, -0.2) is 99.9 Å². The van der Waals surface area contributed by atoms with Crippen LogP contribution in [-0.2, 0) is 34.1 Å². The van der Waals surface area contributed by atoms with E-state index in [4.69, 9.17) is 5.73 Å². The summed E-state index contributed by atoms with van der Waals surface area (Å²) in [6, 6.07) is 9.60. The number of sulfonamides is 1. The van der Waals surface area contributed by atoms with Crippen molar-refractivity contribution in [3.8, 4) is 0 Å². The van der Waals surface area contributed by atoms with Crippen LogP contribution in [0.3, 0.4) is 0 Å². The van der Waals surface area contributed by atoms with Gasteiger partial charge in [-0.05, 0) is 35.9 Å². The molecule has 4 N–H and O–H groups in total. The first-order chi connectivity index (χ1) is 21.1. The van der Waals surface area contributed by atoms with Gasteiger partial charge in [0.05, 0.1) is 23.7 Å². The second-order valence-corrected chi connectivity index (χ2v) is 13.6. The molecular weight excluding hydrogens is 608 g/mol. The molecule has 4 heterocycles. The van der Waals surface area contributed by atoms with Gasteiger partial charge in [0.1, 0.15) is 5.84 Å². The maximum absolute atomic E-state index is 13.9. The van der Waals surface area contributed by atoms with Gasteiger partial charge in [0.25, 0.3) is 5.91 Å². The minimum absolute atomic E-state index is 0.0142. The van der Waals surface area contributed by atoms with Gasteiger partial charge in [-0.3, -0.25) is 4.79 Å². The molecule has 2 amide bonds. The number of ether oxygens (including phenoxy) is 1. The van der Waals surface area contributed by atoms with Crippen molar-refractivity contribution in [1.29, 1.82) is 0 Å². The van der Waals surface area contributed by atoms with E-state index < -0.39 is 22.2 Å². The molecule has 2 aliphatic heterocycles. The van der Waals surface area contributed by atoms with Gasteiger partial charge in [0.2, 0.25) is 10.0 Å². The summed E-state index contributed by atoms with van der Waals surface area (Å²) in [6.45, 7) is 3.08. The number of thiazole rings is 1. The average molecular weight is 639 g/mol. The summed E-state index contributed by atoms with van der Waals surface area (Å²) >= 11 is 1.38. The van der Waals surface area contributed by atoms with E-state index in [1.54, 1.807) is 35.2 Å². The van der Waals surface area contributed by atoms with Gasteiger partial charge in [-0.25, -0.2) is 18.2 Å². The summed E-state index contributed by atoms with van der Waals surface area (Å²) < 4.78 is 33.7. The number of amides is 2. The van der Waals surface area contributed by atoms with Crippen LogP contribution in [0.2, 0.25) is 0 Å². The van der Waals surface area contributed by atoms with E-state index in [1.165, 1.54) is 28.8 Å². The standard InChI is InChI=1S/C27H30N10O5S2/c1-15-9-21-22(13-29-15)43-25(30-21)26(38)37-8-7-36(14-19(37)12-23-32-34-35-33-23)44(40,41)20-6-5-16-10-18(4-3-17(16)11-20)24(28)31-27(39)42-2/h3-6,10-11,15,19,29H,7-9,12-14H2,1-2H3,(H2,28,31,39)(H,32,33,34,35). The van der Waals surface area contributed by atoms with Crippen molar-refractivity contribution in [2.75, 3.05) is 26.7 Å². The molecule has 1 saturated heterocycles. The Morgan fingerprint density at radius 3 is 2.75 bits per heavy atom. The fourth-order valence-electron chi connectivity index (χ4n) is 5.39. The van der Waals surface area contributed by atoms with Gasteiger partial charge in [-0.1, -0.05) is 23.4 Å². The maximum Gasteiger partial charge on any atom is 0.435 e. The Kier molecular flexibility index (Phi) is 8.10. The highest BCUT2D eigenvalue weighted by Gasteiger charge is 2.38. The largest absolute Gasteiger partial charge is 0.451 e. The van der Waals surface area contributed by atoms with E-state index in [9.17, 15) is 18.0 Å². The summed E-state index contributed by atoms with van der Waals surface area (Å²) in [5.41, 5.74) is 7.35. The predicted molar refractivity (Wildman–Crippen MR) is 161 cm³/mol. The van der Waals surface area contributed by atoms with Crippen LogP contribution in [0.1, 0.15) is 38.7 Å². The Morgan fingerprint density at radius 1 is 1.18 bits per heavy atom. The number of piperazine rings is 1. The van der Waals surface area contributed by atoms with Crippen LogP contribution in [0.5, 0.6) is 0 Å². The van der Waals surface area contributed by atoms with Crippen LogP contribution in [0.4, 0.5) is 4.79 Å². The number of hydrogen-bond acceptors (Lipinski definition) is 11. The van der Waals surface area contributed by atoms with E-state index >= 15 is 0 Å². The minimum Gasteiger partial charge on any atom is -0.451 e. The van der Waals surface area contributed by atoms with Crippen molar-refractivity contribution >= 4 is 50.0 Å². The lowest BCUT2D eigenvalue weighted by Crippen LogP contribution is -2.57. The van der Waals surface area contributed by atoms with E-state index in [1.807, 2.05) is 0 Å². The highest BCUT2D eigenvalue weighted by molar-refractivity contribution is 7.89. The number of H-pyrrole nitrogens is 1. The summed E-state index contributed by atoms with van der Waals surface area (Å²) in [5.74, 6) is 0.124. The van der Waals surface area contributed by atoms with Crippen molar-refractivity contribution in [3.63, 3.8) is 0 Å². The second kappa shape index (κ2) is 12.0. The molecule has 4 aromatic rings. The number of tetrazole rings is 1. The molecule has 2 aromatic carbocycles. The number of nitrogens with zero attached hydrogens (tertiary/aromatic N) is 7. The number of aromatic nitrogens is 5. The Bertz CT molecular complexity index is 1860. The zero-order valence-electron chi connectivity index (χ0n) is 23.9. The number of amidine groups is 1. The first-order valence-electron chi connectivity index (χ1n) is 13.8. The third kappa shape index (κ3) is 5.90. The molecule has 2 aliphatic rings. The van der Waals surface area contributed by atoms with Gasteiger partial charge < -0.3 is 20.7 Å². The molecular formula is C27H30N10O5S2. The quantitative estimate of drug-likeness (QED) is 0.201. The Morgan fingerprint density at radius 2 is 1.98 bits per heavy atom. The highest BCUT2D eigenvalue weighted by Crippen LogP contribution is 2.29. The molecule has 17 heteroatoms. The molecule has 230 valence electrons. The predicted octanol–water partition coefficient (Wildman–Crippen LogP) is 1.07. The monoisotopic (exact) mass is 638 g/mol. The summed E-state index contributed by atoms with van der Waals surface area (Å²) in [6.07, 6.45) is 0.146. The van der Waals surface area contributed by atoms with E-state index in [0.29, 0.717) is 33.7 Å². The number of aromatic amines is 1. The molecule has 2 atom stereocenters. The first-order valence-corrected chi connectivity index (χ1v) is 16.1. The number of benzene rings is 2. The summed E-state index contributed by atoms with van der Waals surface area (Å²) in [4.78, 5) is 36.3. The van der Waals surface area contributed by atoms with Crippen molar-refractivity contribution in [1.82, 2.24) is 40.1 Å². The highest BCUT2D eigenvalue weighted by atomic mass is 32.2. The van der Waals surface area contributed by atoms with E-state index in [0.717, 1.165) is 17.0 Å². The van der Waals surface area contributed by atoms with Crippen LogP contribution in [0.25, 0.3) is 10.8 Å². The normalized spacial score (nSPS) is 19.6. The number of aliphatic imine (C=N–C) groups is 1. The van der Waals surface area contributed by atoms with Gasteiger partial charge >= 0.3 is 6.09 Å². The smallest absolute Gasteiger partial charge is 0.435 e. The lowest BCUT2D eigenvalue weighted by atomic mass is 10.1. The number of fused-ring (bicyclic) bond motifs is 2. The number of methoxy groups -OCH3 is 1. The third-order valence-electron chi connectivity index (χ3n) is 7.72. The van der Waals surface area contributed by atoms with Crippen molar-refractivity contribution in [2.24, 2.45) is 10.7 Å². The summed E-state index contributed by atoms with van der Waals surface area (Å²) in [7, 11) is -2.73. The van der Waals surface area contributed by atoms with Crippen LogP contribution in [0.15, 0.2) is 46.3 Å².